The van der Waals surface area contributed by atoms with Crippen LogP contribution in [0.1, 0.15) is 0 Å². The van der Waals surface area contributed by atoms with Gasteiger partial charge in [-0.05, 0) is 54.6 Å². The minimum atomic E-state index is 0.883. The molecule has 0 bridgehead atoms. The first-order chi connectivity index (χ1) is 20.3. The molecule has 8 aromatic rings. The summed E-state index contributed by atoms with van der Waals surface area (Å²) in [5.41, 5.74) is 9.16. The van der Waals surface area contributed by atoms with Gasteiger partial charge in [0.25, 0.3) is 0 Å². The predicted octanol–water partition coefficient (Wildman–Crippen LogP) is 8.84. The molecule has 0 N–H and O–H groups in total. The molecule has 5 heteroatoms. The Kier molecular flexibility index (Phi) is 5.22. The number of benzene rings is 3. The van der Waals surface area contributed by atoms with Gasteiger partial charge in [-0.15, -0.1) is 0 Å². The van der Waals surface area contributed by atoms with E-state index in [2.05, 4.69) is 117 Å². The van der Waals surface area contributed by atoms with E-state index >= 15 is 0 Å². The number of hydrogen-bond acceptors (Lipinski definition) is 2. The van der Waals surface area contributed by atoms with Crippen molar-refractivity contribution in [2.24, 2.45) is 0 Å². The second-order valence-electron chi connectivity index (χ2n) is 10.0. The van der Waals surface area contributed by atoms with Crippen LogP contribution in [0.25, 0.3) is 72.6 Å². The highest BCUT2D eigenvalue weighted by atomic mass is 15.2. The molecule has 0 atom stereocenters. The van der Waals surface area contributed by atoms with Crippen molar-refractivity contribution in [1.29, 1.82) is 0 Å². The van der Waals surface area contributed by atoms with Gasteiger partial charge in [-0.3, -0.25) is 9.55 Å². The van der Waals surface area contributed by atoms with E-state index in [0.717, 1.165) is 66.4 Å². The molecular formula is C36H25N5. The van der Waals surface area contributed by atoms with Crippen molar-refractivity contribution in [3.8, 4) is 11.5 Å². The van der Waals surface area contributed by atoms with E-state index in [-0.39, 0.29) is 0 Å². The first kappa shape index (κ1) is 23.2. The largest absolute Gasteiger partial charge is 0.308 e. The topological polar surface area (TPSA) is 40.6 Å². The van der Waals surface area contributed by atoms with E-state index in [1.165, 1.54) is 0 Å². The van der Waals surface area contributed by atoms with Gasteiger partial charge in [0.2, 0.25) is 0 Å². The highest BCUT2D eigenvalue weighted by Gasteiger charge is 2.21. The normalized spacial score (nSPS) is 12.3. The second-order valence-corrected chi connectivity index (χ2v) is 10.0. The lowest BCUT2D eigenvalue weighted by Gasteiger charge is -2.11. The van der Waals surface area contributed by atoms with Crippen LogP contribution in [0.4, 0.5) is 0 Å². The number of para-hydroxylation sites is 3. The number of fused-ring (bicyclic) bond motifs is 7. The first-order valence-corrected chi connectivity index (χ1v) is 13.6. The molecule has 0 fully saturated rings. The molecule has 5 aromatic heterocycles. The van der Waals surface area contributed by atoms with Crippen molar-refractivity contribution < 1.29 is 0 Å². The standard InChI is InChI=1S/C36H25N5/c1-2-3-4-12-22-39-28-18-10-8-14-25(28)23-33(39)41-30-20-13-21-37-35(30)36-32(41)24-31-34(38-36)27-17-9-11-19-29(27)40(31)26-15-6-5-7-16-26/h2-24H,1H2/b4-3-,22-12-. The van der Waals surface area contributed by atoms with Gasteiger partial charge < -0.3 is 9.13 Å². The number of allylic oxidation sites excluding steroid dienone is 4. The van der Waals surface area contributed by atoms with Crippen LogP contribution >= 0.6 is 0 Å². The average Bonchev–Trinajstić information content (AvgIpc) is 3.66. The minimum Gasteiger partial charge on any atom is -0.308 e. The summed E-state index contributed by atoms with van der Waals surface area (Å²) in [7, 11) is 0. The lowest BCUT2D eigenvalue weighted by atomic mass is 10.2. The maximum absolute atomic E-state index is 5.34. The molecule has 0 radical (unpaired) electrons. The number of rotatable bonds is 5. The zero-order valence-corrected chi connectivity index (χ0v) is 22.2. The Morgan fingerprint density at radius 3 is 2.22 bits per heavy atom. The number of aromatic nitrogens is 5. The molecule has 0 unspecified atom stereocenters. The molecule has 0 spiro atoms. The molecule has 0 amide bonds. The summed E-state index contributed by atoms with van der Waals surface area (Å²) in [6, 6.07) is 36.1. The van der Waals surface area contributed by atoms with Gasteiger partial charge in [-0.2, -0.15) is 0 Å². The molecule has 194 valence electrons. The Labute approximate surface area is 236 Å². The van der Waals surface area contributed by atoms with Gasteiger partial charge >= 0.3 is 0 Å². The zero-order chi connectivity index (χ0) is 27.3. The first-order valence-electron chi connectivity index (χ1n) is 13.6. The third-order valence-electron chi connectivity index (χ3n) is 7.68. The minimum absolute atomic E-state index is 0.883. The van der Waals surface area contributed by atoms with Crippen molar-refractivity contribution in [2.45, 2.75) is 0 Å². The highest BCUT2D eigenvalue weighted by Crippen LogP contribution is 2.38. The van der Waals surface area contributed by atoms with E-state index < -0.39 is 0 Å². The van der Waals surface area contributed by atoms with Crippen molar-refractivity contribution in [3.63, 3.8) is 0 Å². The zero-order valence-electron chi connectivity index (χ0n) is 22.2. The van der Waals surface area contributed by atoms with Crippen molar-refractivity contribution >= 4 is 61.1 Å². The number of pyridine rings is 2. The molecule has 5 nitrogen and oxygen atoms in total. The third-order valence-corrected chi connectivity index (χ3v) is 7.68. The number of hydrogen-bond donors (Lipinski definition) is 0. The van der Waals surface area contributed by atoms with Gasteiger partial charge in [-0.1, -0.05) is 79.4 Å². The van der Waals surface area contributed by atoms with Crippen LogP contribution in [0.2, 0.25) is 0 Å². The molecule has 0 aliphatic rings. The molecule has 5 heterocycles. The molecule has 0 saturated carbocycles. The van der Waals surface area contributed by atoms with E-state index in [0.29, 0.717) is 0 Å². The van der Waals surface area contributed by atoms with Crippen LogP contribution in [0.5, 0.6) is 0 Å². The molecule has 0 saturated heterocycles. The second kappa shape index (κ2) is 9.21. The molecule has 0 aliphatic heterocycles. The summed E-state index contributed by atoms with van der Waals surface area (Å²) >= 11 is 0. The number of nitrogens with zero attached hydrogens (tertiary/aromatic N) is 5. The lowest BCUT2D eigenvalue weighted by Crippen LogP contribution is -2.01. The maximum Gasteiger partial charge on any atom is 0.123 e. The van der Waals surface area contributed by atoms with E-state index in [9.17, 15) is 0 Å². The molecule has 8 rings (SSSR count). The Bertz CT molecular complexity index is 2330. The van der Waals surface area contributed by atoms with Gasteiger partial charge in [-0.25, -0.2) is 4.98 Å². The third kappa shape index (κ3) is 3.49. The highest BCUT2D eigenvalue weighted by molar-refractivity contribution is 6.14. The van der Waals surface area contributed by atoms with Crippen LogP contribution in [0, 0.1) is 0 Å². The van der Waals surface area contributed by atoms with Gasteiger partial charge in [0, 0.05) is 28.9 Å². The van der Waals surface area contributed by atoms with Crippen LogP contribution in [-0.4, -0.2) is 23.7 Å². The summed E-state index contributed by atoms with van der Waals surface area (Å²) in [6.07, 6.45) is 11.7. The molecule has 3 aromatic carbocycles. The molecular weight excluding hydrogens is 502 g/mol. The van der Waals surface area contributed by atoms with Gasteiger partial charge in [0.1, 0.15) is 16.9 Å². The van der Waals surface area contributed by atoms with Crippen LogP contribution in [0.3, 0.4) is 0 Å². The quantitative estimate of drug-likeness (QED) is 0.210. The van der Waals surface area contributed by atoms with E-state index in [1.807, 2.05) is 36.6 Å². The van der Waals surface area contributed by atoms with Crippen molar-refractivity contribution in [2.75, 3.05) is 0 Å². The average molecular weight is 528 g/mol. The van der Waals surface area contributed by atoms with E-state index in [4.69, 9.17) is 9.97 Å². The molecule has 0 aliphatic carbocycles. The van der Waals surface area contributed by atoms with Gasteiger partial charge in [0.05, 0.1) is 33.1 Å². The summed E-state index contributed by atoms with van der Waals surface area (Å²) in [5.74, 6) is 1.02. The fourth-order valence-corrected chi connectivity index (χ4v) is 5.96. The van der Waals surface area contributed by atoms with E-state index in [1.54, 1.807) is 6.08 Å². The van der Waals surface area contributed by atoms with Crippen molar-refractivity contribution in [1.82, 2.24) is 23.7 Å². The summed E-state index contributed by atoms with van der Waals surface area (Å²) < 4.78 is 6.83. The molecule has 41 heavy (non-hydrogen) atoms. The lowest BCUT2D eigenvalue weighted by molar-refractivity contribution is 1.04. The van der Waals surface area contributed by atoms with Crippen LogP contribution in [-0.2, 0) is 0 Å². The smallest absolute Gasteiger partial charge is 0.123 e. The Hall–Kier alpha value is -5.68. The van der Waals surface area contributed by atoms with Gasteiger partial charge in [0.15, 0.2) is 0 Å². The fourth-order valence-electron chi connectivity index (χ4n) is 5.96. The maximum atomic E-state index is 5.34. The fraction of sp³-hybridized carbons (Fsp3) is 0. The monoisotopic (exact) mass is 527 g/mol. The van der Waals surface area contributed by atoms with Crippen LogP contribution in [0.15, 0.2) is 140 Å². The summed E-state index contributed by atoms with van der Waals surface area (Å²) in [6.45, 7) is 3.79. The summed E-state index contributed by atoms with van der Waals surface area (Å²) in [4.78, 5) is 10.2. The summed E-state index contributed by atoms with van der Waals surface area (Å²) in [5, 5.41) is 2.28. The Morgan fingerprint density at radius 1 is 0.585 bits per heavy atom. The van der Waals surface area contributed by atoms with Crippen LogP contribution < -0.4 is 0 Å². The van der Waals surface area contributed by atoms with Crippen molar-refractivity contribution in [3.05, 3.63) is 140 Å². The predicted molar refractivity (Wildman–Crippen MR) is 171 cm³/mol. The Balaban J connectivity index is 1.53. The Morgan fingerprint density at radius 2 is 1.34 bits per heavy atom. The SMILES string of the molecule is C=C/C=C\C=C/n1c(-n2c3cccnc3c3nc4c5ccccc5n(-c5ccccc5)c4cc32)cc2ccccc21.